The topological polar surface area (TPSA) is 111 Å². The Labute approximate surface area is 219 Å². The van der Waals surface area contributed by atoms with Gasteiger partial charge in [-0.05, 0) is 24.3 Å². The van der Waals surface area contributed by atoms with Crippen LogP contribution in [0.15, 0.2) is 54.9 Å². The monoisotopic (exact) mass is 540 g/mol. The first-order valence-corrected chi connectivity index (χ1v) is 11.6. The van der Waals surface area contributed by atoms with Gasteiger partial charge in [0.25, 0.3) is 11.8 Å². The molecule has 0 unspecified atom stereocenters. The maximum atomic E-state index is 14.3. The fraction of sp³-hybridized carbons (Fsp3) is 0.160. The summed E-state index contributed by atoms with van der Waals surface area (Å²) in [6.07, 6.45) is 2.85. The van der Waals surface area contributed by atoms with Crippen molar-refractivity contribution in [2.75, 3.05) is 18.6 Å². The highest BCUT2D eigenvalue weighted by Gasteiger charge is 2.32. The Morgan fingerprint density at radius 2 is 2.00 bits per heavy atom. The molecule has 0 bridgehead atoms. The smallest absolute Gasteiger partial charge is 0.289 e. The zero-order valence-electron chi connectivity index (χ0n) is 20.0. The zero-order chi connectivity index (χ0) is 27.0. The number of amides is 2. The Kier molecular flexibility index (Phi) is 6.64. The summed E-state index contributed by atoms with van der Waals surface area (Å²) < 4.78 is 40.7. The Hall–Kier alpha value is -4.58. The molecule has 1 atom stereocenters. The molecule has 2 amide bonds. The van der Waals surface area contributed by atoms with Gasteiger partial charge in [-0.3, -0.25) is 14.3 Å². The Morgan fingerprint density at radius 1 is 1.18 bits per heavy atom. The summed E-state index contributed by atoms with van der Waals surface area (Å²) in [5.74, 6) is -2.11. The lowest BCUT2D eigenvalue weighted by atomic mass is 10.1. The van der Waals surface area contributed by atoms with Crippen molar-refractivity contribution >= 4 is 29.1 Å². The average Bonchev–Trinajstić information content (AvgIpc) is 3.26. The number of hydrogen-bond donors (Lipinski definition) is 1. The third-order valence-corrected chi connectivity index (χ3v) is 5.95. The molecule has 0 aliphatic carbocycles. The third kappa shape index (κ3) is 4.98. The van der Waals surface area contributed by atoms with Crippen LogP contribution in [0.5, 0.6) is 17.4 Å². The van der Waals surface area contributed by atoms with Gasteiger partial charge in [-0.15, -0.1) is 5.10 Å². The number of carbonyl (C=O) groups excluding carboxylic acids is 2. The summed E-state index contributed by atoms with van der Waals surface area (Å²) in [5.41, 5.74) is 0.218. The molecule has 0 spiro atoms. The molecule has 194 valence electrons. The molecule has 4 aromatic rings. The molecule has 13 heteroatoms. The number of benzene rings is 2. The highest BCUT2D eigenvalue weighted by Crippen LogP contribution is 2.35. The van der Waals surface area contributed by atoms with Crippen molar-refractivity contribution in [2.45, 2.75) is 6.04 Å². The van der Waals surface area contributed by atoms with Gasteiger partial charge < -0.3 is 19.7 Å². The van der Waals surface area contributed by atoms with Crippen molar-refractivity contribution in [2.24, 2.45) is 7.05 Å². The standard InChI is InChI=1S/C25H19ClF2N6O4/c1-33-8-7-21(32-33)38-14-4-6-20-19(10-14)34(2)25(36)18(12-37-20)30-24(35)23-29-11-16(26)22(31-23)15-5-3-13(27)9-17(15)28/h3-11,18H,12H2,1-2H3,(H,30,35)/t18-/m0/s1. The fourth-order valence-corrected chi connectivity index (χ4v) is 3.98. The second-order valence-corrected chi connectivity index (χ2v) is 8.72. The van der Waals surface area contributed by atoms with E-state index >= 15 is 0 Å². The number of anilines is 1. The minimum atomic E-state index is -1.09. The van der Waals surface area contributed by atoms with Crippen LogP contribution in [0, 0.1) is 11.6 Å². The first-order chi connectivity index (χ1) is 18.2. The van der Waals surface area contributed by atoms with E-state index < -0.39 is 29.5 Å². The molecular weight excluding hydrogens is 522 g/mol. The minimum Gasteiger partial charge on any atom is -0.489 e. The van der Waals surface area contributed by atoms with Crippen LogP contribution in [0.25, 0.3) is 11.3 Å². The van der Waals surface area contributed by atoms with E-state index in [0.717, 1.165) is 18.3 Å². The highest BCUT2D eigenvalue weighted by molar-refractivity contribution is 6.33. The molecule has 2 aromatic heterocycles. The van der Waals surface area contributed by atoms with E-state index in [9.17, 15) is 18.4 Å². The number of aromatic nitrogens is 4. The SMILES string of the molecule is CN1C(=O)[C@@H](NC(=O)c2ncc(Cl)c(-c3ccc(F)cc3F)n2)COc2ccc(Oc3ccn(C)n3)cc21. The molecule has 0 radical (unpaired) electrons. The van der Waals surface area contributed by atoms with Crippen molar-refractivity contribution in [1.29, 1.82) is 0 Å². The van der Waals surface area contributed by atoms with Gasteiger partial charge in [-0.2, -0.15) is 0 Å². The lowest BCUT2D eigenvalue weighted by Gasteiger charge is -2.20. The molecule has 1 aliphatic heterocycles. The van der Waals surface area contributed by atoms with E-state index in [2.05, 4.69) is 20.4 Å². The number of halogens is 3. The van der Waals surface area contributed by atoms with Gasteiger partial charge in [-0.1, -0.05) is 11.6 Å². The summed E-state index contributed by atoms with van der Waals surface area (Å²) in [7, 11) is 3.29. The van der Waals surface area contributed by atoms with E-state index in [1.807, 2.05) is 0 Å². The first kappa shape index (κ1) is 25.1. The number of hydrogen-bond acceptors (Lipinski definition) is 7. The van der Waals surface area contributed by atoms with Crippen LogP contribution in [0.3, 0.4) is 0 Å². The van der Waals surface area contributed by atoms with Gasteiger partial charge in [0.05, 0.1) is 22.6 Å². The van der Waals surface area contributed by atoms with Gasteiger partial charge in [-0.25, -0.2) is 18.7 Å². The Balaban J connectivity index is 1.34. The molecule has 3 heterocycles. The van der Waals surface area contributed by atoms with Crippen LogP contribution in [0.2, 0.25) is 5.02 Å². The van der Waals surface area contributed by atoms with Crippen molar-refractivity contribution in [3.8, 4) is 28.6 Å². The number of ether oxygens (including phenoxy) is 2. The van der Waals surface area contributed by atoms with Crippen LogP contribution >= 0.6 is 11.6 Å². The van der Waals surface area contributed by atoms with E-state index in [4.69, 9.17) is 21.1 Å². The second-order valence-electron chi connectivity index (χ2n) is 8.31. The lowest BCUT2D eigenvalue weighted by Crippen LogP contribution is -2.49. The summed E-state index contributed by atoms with van der Waals surface area (Å²) >= 11 is 6.11. The largest absolute Gasteiger partial charge is 0.489 e. The van der Waals surface area contributed by atoms with Crippen LogP contribution in [0.1, 0.15) is 10.6 Å². The molecule has 1 N–H and O–H groups in total. The van der Waals surface area contributed by atoms with Crippen LogP contribution in [-0.4, -0.2) is 51.3 Å². The van der Waals surface area contributed by atoms with Crippen molar-refractivity contribution < 1.29 is 27.8 Å². The molecule has 10 nitrogen and oxygen atoms in total. The Morgan fingerprint density at radius 3 is 2.74 bits per heavy atom. The number of nitrogens with zero attached hydrogens (tertiary/aromatic N) is 5. The number of carbonyl (C=O) groups is 2. The predicted molar refractivity (Wildman–Crippen MR) is 132 cm³/mol. The van der Waals surface area contributed by atoms with Gasteiger partial charge in [0.15, 0.2) is 0 Å². The van der Waals surface area contributed by atoms with Gasteiger partial charge in [0.1, 0.15) is 35.8 Å². The van der Waals surface area contributed by atoms with Crippen LogP contribution in [0.4, 0.5) is 14.5 Å². The average molecular weight is 541 g/mol. The molecule has 0 fully saturated rings. The number of fused-ring (bicyclic) bond motifs is 1. The van der Waals surface area contributed by atoms with Gasteiger partial charge in [0, 0.05) is 44.1 Å². The second kappa shape index (κ2) is 10.1. The van der Waals surface area contributed by atoms with E-state index in [0.29, 0.717) is 29.1 Å². The highest BCUT2D eigenvalue weighted by atomic mass is 35.5. The molecule has 38 heavy (non-hydrogen) atoms. The van der Waals surface area contributed by atoms with Gasteiger partial charge >= 0.3 is 0 Å². The summed E-state index contributed by atoms with van der Waals surface area (Å²) in [4.78, 5) is 35.4. The van der Waals surface area contributed by atoms with Crippen molar-refractivity contribution in [3.63, 3.8) is 0 Å². The predicted octanol–water partition coefficient (Wildman–Crippen LogP) is 3.75. The fourth-order valence-electron chi connectivity index (χ4n) is 3.78. The number of nitrogens with one attached hydrogen (secondary N) is 1. The summed E-state index contributed by atoms with van der Waals surface area (Å²) in [6.45, 7) is -0.171. The number of rotatable bonds is 5. The maximum absolute atomic E-state index is 14.3. The number of aryl methyl sites for hydroxylation is 1. The van der Waals surface area contributed by atoms with E-state index in [1.54, 1.807) is 42.2 Å². The molecular formula is C25H19ClF2N6O4. The quantitative estimate of drug-likeness (QED) is 0.410. The zero-order valence-corrected chi connectivity index (χ0v) is 20.7. The summed E-state index contributed by atoms with van der Waals surface area (Å²) in [5, 5.41) is 6.67. The Bertz CT molecular complexity index is 1560. The van der Waals surface area contributed by atoms with Crippen LogP contribution < -0.4 is 19.7 Å². The molecule has 0 saturated heterocycles. The maximum Gasteiger partial charge on any atom is 0.289 e. The molecule has 1 aliphatic rings. The van der Waals surface area contributed by atoms with E-state index in [-0.39, 0.29) is 28.7 Å². The van der Waals surface area contributed by atoms with E-state index in [1.165, 1.54) is 11.9 Å². The van der Waals surface area contributed by atoms with Crippen LogP contribution in [-0.2, 0) is 11.8 Å². The minimum absolute atomic E-state index is 0.0418. The van der Waals surface area contributed by atoms with Crippen molar-refractivity contribution in [1.82, 2.24) is 25.1 Å². The molecule has 2 aromatic carbocycles. The number of likely N-dealkylation sites (N-methyl/N-ethyl adjacent to an activating group) is 1. The first-order valence-electron chi connectivity index (χ1n) is 11.2. The lowest BCUT2D eigenvalue weighted by molar-refractivity contribution is -0.120. The third-order valence-electron chi connectivity index (χ3n) is 5.68. The van der Waals surface area contributed by atoms with Crippen molar-refractivity contribution in [3.05, 3.63) is 77.3 Å². The molecule has 0 saturated carbocycles. The normalized spacial score (nSPS) is 14.9. The molecule has 5 rings (SSSR count). The summed E-state index contributed by atoms with van der Waals surface area (Å²) in [6, 6.07) is 8.41. The van der Waals surface area contributed by atoms with Gasteiger partial charge in [0.2, 0.25) is 11.7 Å².